The minimum Gasteiger partial charge on any atom is -0.484 e. The van der Waals surface area contributed by atoms with E-state index in [0.29, 0.717) is 11.7 Å². The van der Waals surface area contributed by atoms with Crippen molar-refractivity contribution in [1.29, 1.82) is 0 Å². The number of amides is 1. The van der Waals surface area contributed by atoms with E-state index in [4.69, 9.17) is 4.74 Å². The van der Waals surface area contributed by atoms with Crippen LogP contribution in [0.5, 0.6) is 5.75 Å². The summed E-state index contributed by atoms with van der Waals surface area (Å²) in [7, 11) is -3.79. The lowest BCUT2D eigenvalue weighted by Crippen LogP contribution is -2.43. The highest BCUT2D eigenvalue weighted by molar-refractivity contribution is 7.89. The summed E-state index contributed by atoms with van der Waals surface area (Å²) in [6, 6.07) is 15.2. The van der Waals surface area contributed by atoms with E-state index in [1.165, 1.54) is 17.7 Å². The molecule has 0 fully saturated rings. The SMILES string of the molecule is CC(C)c1ccc(OCC(=O)NNS(=O)(=O)c2ccccc2)cc1. The minimum absolute atomic E-state index is 0.0653. The highest BCUT2D eigenvalue weighted by atomic mass is 32.2. The fourth-order valence-electron chi connectivity index (χ4n) is 1.92. The Hall–Kier alpha value is -2.38. The molecule has 0 spiro atoms. The van der Waals surface area contributed by atoms with Gasteiger partial charge in [0, 0.05) is 0 Å². The van der Waals surface area contributed by atoms with E-state index in [1.807, 2.05) is 17.0 Å². The van der Waals surface area contributed by atoms with Crippen molar-refractivity contribution in [2.24, 2.45) is 0 Å². The number of sulfonamides is 1. The molecule has 2 rings (SSSR count). The van der Waals surface area contributed by atoms with E-state index >= 15 is 0 Å². The largest absolute Gasteiger partial charge is 0.484 e. The smallest absolute Gasteiger partial charge is 0.272 e. The zero-order valence-corrected chi connectivity index (χ0v) is 14.3. The summed E-state index contributed by atoms with van der Waals surface area (Å²) < 4.78 is 29.2. The second-order valence-electron chi connectivity index (χ2n) is 5.48. The van der Waals surface area contributed by atoms with Crippen molar-refractivity contribution in [3.63, 3.8) is 0 Å². The Morgan fingerprint density at radius 1 is 1.04 bits per heavy atom. The molecule has 2 N–H and O–H groups in total. The van der Waals surface area contributed by atoms with E-state index in [1.54, 1.807) is 30.3 Å². The Balaban J connectivity index is 1.83. The average molecular weight is 348 g/mol. The molecule has 0 radical (unpaired) electrons. The Bertz CT molecular complexity index is 772. The van der Waals surface area contributed by atoms with Gasteiger partial charge in [-0.2, -0.15) is 0 Å². The van der Waals surface area contributed by atoms with Crippen molar-refractivity contribution in [2.45, 2.75) is 24.7 Å². The fourth-order valence-corrected chi connectivity index (χ4v) is 2.80. The normalized spacial score (nSPS) is 11.3. The molecule has 0 aliphatic rings. The van der Waals surface area contributed by atoms with Gasteiger partial charge in [-0.15, -0.1) is 4.83 Å². The van der Waals surface area contributed by atoms with Crippen molar-refractivity contribution < 1.29 is 17.9 Å². The van der Waals surface area contributed by atoms with Gasteiger partial charge in [-0.05, 0) is 35.7 Å². The summed E-state index contributed by atoms with van der Waals surface area (Å²) in [5.41, 5.74) is 3.29. The summed E-state index contributed by atoms with van der Waals surface area (Å²) in [6.07, 6.45) is 0. The first kappa shape index (κ1) is 18.0. The predicted molar refractivity (Wildman–Crippen MR) is 90.9 cm³/mol. The number of hydrogen-bond acceptors (Lipinski definition) is 4. The maximum absolute atomic E-state index is 11.9. The molecular weight excluding hydrogens is 328 g/mol. The maximum atomic E-state index is 11.9. The number of carbonyl (C=O) groups is 1. The summed E-state index contributed by atoms with van der Waals surface area (Å²) >= 11 is 0. The van der Waals surface area contributed by atoms with E-state index in [-0.39, 0.29) is 11.5 Å². The first-order chi connectivity index (χ1) is 11.4. The van der Waals surface area contributed by atoms with Gasteiger partial charge in [0.25, 0.3) is 15.9 Å². The van der Waals surface area contributed by atoms with Crippen molar-refractivity contribution in [3.8, 4) is 5.75 Å². The number of rotatable bonds is 7. The number of hydrazine groups is 1. The second kappa shape index (κ2) is 7.94. The van der Waals surface area contributed by atoms with Gasteiger partial charge in [0.15, 0.2) is 6.61 Å². The van der Waals surface area contributed by atoms with Gasteiger partial charge in [-0.1, -0.05) is 44.2 Å². The van der Waals surface area contributed by atoms with Crippen LogP contribution in [-0.4, -0.2) is 20.9 Å². The van der Waals surface area contributed by atoms with E-state index in [0.717, 1.165) is 0 Å². The van der Waals surface area contributed by atoms with Gasteiger partial charge in [-0.25, -0.2) is 8.42 Å². The van der Waals surface area contributed by atoms with E-state index < -0.39 is 15.9 Å². The Morgan fingerprint density at radius 2 is 1.67 bits per heavy atom. The first-order valence-corrected chi connectivity index (χ1v) is 8.95. The predicted octanol–water partition coefficient (Wildman–Crippen LogP) is 2.20. The summed E-state index contributed by atoms with van der Waals surface area (Å²) in [5, 5.41) is 0. The highest BCUT2D eigenvalue weighted by Crippen LogP contribution is 2.18. The molecule has 0 aliphatic heterocycles. The van der Waals surface area contributed by atoms with Gasteiger partial charge in [0.1, 0.15) is 5.75 Å². The van der Waals surface area contributed by atoms with Crippen molar-refractivity contribution in [2.75, 3.05) is 6.61 Å². The van der Waals surface area contributed by atoms with Crippen LogP contribution in [0, 0.1) is 0 Å². The van der Waals surface area contributed by atoms with Crippen LogP contribution in [0.3, 0.4) is 0 Å². The lowest BCUT2D eigenvalue weighted by molar-refractivity contribution is -0.123. The minimum atomic E-state index is -3.79. The molecular formula is C17H20N2O4S. The Labute approximate surface area is 141 Å². The molecule has 2 aromatic rings. The molecule has 24 heavy (non-hydrogen) atoms. The molecule has 1 amide bonds. The van der Waals surface area contributed by atoms with Gasteiger partial charge in [0.2, 0.25) is 0 Å². The standard InChI is InChI=1S/C17H20N2O4S/c1-13(2)14-8-10-15(11-9-14)23-12-17(20)18-19-24(21,22)16-6-4-3-5-7-16/h3-11,13,19H,12H2,1-2H3,(H,18,20). The third kappa shape index (κ3) is 5.07. The third-order valence-electron chi connectivity index (χ3n) is 3.30. The average Bonchev–Trinajstić information content (AvgIpc) is 2.59. The lowest BCUT2D eigenvalue weighted by Gasteiger charge is -2.10. The molecule has 0 bridgehead atoms. The van der Waals surface area contributed by atoms with Crippen LogP contribution in [0.4, 0.5) is 0 Å². The number of benzene rings is 2. The second-order valence-corrected chi connectivity index (χ2v) is 7.16. The topological polar surface area (TPSA) is 84.5 Å². The van der Waals surface area contributed by atoms with Crippen LogP contribution in [0.15, 0.2) is 59.5 Å². The van der Waals surface area contributed by atoms with E-state index in [9.17, 15) is 13.2 Å². The number of hydrogen-bond donors (Lipinski definition) is 2. The van der Waals surface area contributed by atoms with Crippen molar-refractivity contribution in [3.05, 3.63) is 60.2 Å². The van der Waals surface area contributed by atoms with Crippen molar-refractivity contribution in [1.82, 2.24) is 10.3 Å². The van der Waals surface area contributed by atoms with Gasteiger partial charge in [-0.3, -0.25) is 10.2 Å². The van der Waals surface area contributed by atoms with Crippen LogP contribution in [0.1, 0.15) is 25.3 Å². The molecule has 0 atom stereocenters. The molecule has 0 aliphatic carbocycles. The molecule has 6 nitrogen and oxygen atoms in total. The monoisotopic (exact) mass is 348 g/mol. The first-order valence-electron chi connectivity index (χ1n) is 7.47. The fraction of sp³-hybridized carbons (Fsp3) is 0.235. The van der Waals surface area contributed by atoms with Gasteiger partial charge >= 0.3 is 0 Å². The molecule has 7 heteroatoms. The number of carbonyl (C=O) groups excluding carboxylic acids is 1. The van der Waals surface area contributed by atoms with Crippen LogP contribution in [-0.2, 0) is 14.8 Å². The third-order valence-corrected chi connectivity index (χ3v) is 4.56. The van der Waals surface area contributed by atoms with Crippen LogP contribution in [0.25, 0.3) is 0 Å². The van der Waals surface area contributed by atoms with Gasteiger partial charge < -0.3 is 4.74 Å². The van der Waals surface area contributed by atoms with Crippen LogP contribution >= 0.6 is 0 Å². The summed E-state index contributed by atoms with van der Waals surface area (Å²) in [5.74, 6) is 0.359. The van der Waals surface area contributed by atoms with E-state index in [2.05, 4.69) is 19.3 Å². The number of nitrogens with one attached hydrogen (secondary N) is 2. The van der Waals surface area contributed by atoms with Crippen LogP contribution < -0.4 is 15.0 Å². The summed E-state index contributed by atoms with van der Waals surface area (Å²) in [6.45, 7) is 3.88. The van der Waals surface area contributed by atoms with Crippen molar-refractivity contribution >= 4 is 15.9 Å². The van der Waals surface area contributed by atoms with Crippen LogP contribution in [0.2, 0.25) is 0 Å². The molecule has 0 saturated heterocycles. The zero-order chi connectivity index (χ0) is 17.6. The molecule has 0 unspecified atom stereocenters. The number of ether oxygens (including phenoxy) is 1. The lowest BCUT2D eigenvalue weighted by atomic mass is 10.0. The molecule has 128 valence electrons. The Morgan fingerprint density at radius 3 is 2.25 bits per heavy atom. The molecule has 0 heterocycles. The maximum Gasteiger partial charge on any atom is 0.272 e. The molecule has 0 saturated carbocycles. The molecule has 0 aromatic heterocycles. The quantitative estimate of drug-likeness (QED) is 0.751. The Kier molecular flexibility index (Phi) is 5.94. The van der Waals surface area contributed by atoms with Gasteiger partial charge in [0.05, 0.1) is 4.90 Å². The highest BCUT2D eigenvalue weighted by Gasteiger charge is 2.14. The zero-order valence-electron chi connectivity index (χ0n) is 13.5. The summed E-state index contributed by atoms with van der Waals surface area (Å²) in [4.78, 5) is 13.8. The molecule has 2 aromatic carbocycles.